The van der Waals surface area contributed by atoms with Crippen LogP contribution in [0, 0.1) is 5.92 Å². The molecular formula is C14H26BrN3. The van der Waals surface area contributed by atoms with Crippen LogP contribution in [0.1, 0.15) is 52.4 Å². The van der Waals surface area contributed by atoms with Crippen molar-refractivity contribution in [2.24, 2.45) is 11.7 Å². The first-order valence-electron chi connectivity index (χ1n) is 6.92. The van der Waals surface area contributed by atoms with Gasteiger partial charge in [-0.25, -0.2) is 0 Å². The van der Waals surface area contributed by atoms with Crippen molar-refractivity contribution in [3.8, 4) is 0 Å². The quantitative estimate of drug-likeness (QED) is 0.872. The zero-order chi connectivity index (χ0) is 13.9. The molecule has 0 fully saturated rings. The predicted molar refractivity (Wildman–Crippen MR) is 80.7 cm³/mol. The number of rotatable bonds is 6. The van der Waals surface area contributed by atoms with Crippen molar-refractivity contribution in [3.63, 3.8) is 0 Å². The van der Waals surface area contributed by atoms with E-state index in [0.29, 0.717) is 5.92 Å². The number of nitrogens with two attached hydrogens (primary N) is 1. The van der Waals surface area contributed by atoms with Crippen LogP contribution < -0.4 is 5.73 Å². The van der Waals surface area contributed by atoms with Gasteiger partial charge in [-0.1, -0.05) is 27.7 Å². The number of nitrogens with zero attached hydrogens (tertiary/aromatic N) is 2. The minimum atomic E-state index is -0.152. The Kier molecular flexibility index (Phi) is 5.41. The molecule has 4 heteroatoms. The number of hydrogen-bond donors (Lipinski definition) is 1. The lowest BCUT2D eigenvalue weighted by molar-refractivity contribution is 0.289. The Morgan fingerprint density at radius 1 is 1.33 bits per heavy atom. The van der Waals surface area contributed by atoms with Crippen molar-refractivity contribution >= 4 is 15.9 Å². The molecule has 0 spiro atoms. The summed E-state index contributed by atoms with van der Waals surface area (Å²) in [6.45, 7) is 11.7. The number of aromatic nitrogens is 2. The van der Waals surface area contributed by atoms with Crippen LogP contribution in [-0.2, 0) is 19.4 Å². The fourth-order valence-electron chi connectivity index (χ4n) is 2.24. The largest absolute Gasteiger partial charge is 0.325 e. The maximum absolute atomic E-state index is 6.55. The Hall–Kier alpha value is -0.350. The average Bonchev–Trinajstić information content (AvgIpc) is 2.65. The van der Waals surface area contributed by atoms with E-state index in [9.17, 15) is 0 Å². The monoisotopic (exact) mass is 315 g/mol. The predicted octanol–water partition coefficient (Wildman–Crippen LogP) is 3.53. The molecule has 0 bridgehead atoms. The Labute approximate surface area is 119 Å². The van der Waals surface area contributed by atoms with Gasteiger partial charge < -0.3 is 5.73 Å². The van der Waals surface area contributed by atoms with E-state index < -0.39 is 0 Å². The highest BCUT2D eigenvalue weighted by atomic mass is 79.9. The first-order valence-corrected chi connectivity index (χ1v) is 7.71. The smallest absolute Gasteiger partial charge is 0.0766 e. The van der Waals surface area contributed by atoms with Gasteiger partial charge in [-0.2, -0.15) is 5.10 Å². The highest BCUT2D eigenvalue weighted by molar-refractivity contribution is 9.10. The Balaban J connectivity index is 3.13. The van der Waals surface area contributed by atoms with Crippen molar-refractivity contribution in [3.05, 3.63) is 15.9 Å². The number of halogens is 1. The first kappa shape index (κ1) is 15.7. The molecule has 0 saturated heterocycles. The van der Waals surface area contributed by atoms with Gasteiger partial charge in [-0.05, 0) is 41.6 Å². The Morgan fingerprint density at radius 2 is 1.94 bits per heavy atom. The fraction of sp³-hybridized carbons (Fsp3) is 0.786. The molecule has 2 N–H and O–H groups in total. The minimum Gasteiger partial charge on any atom is -0.325 e. The zero-order valence-corrected chi connectivity index (χ0v) is 13.8. The summed E-state index contributed by atoms with van der Waals surface area (Å²) in [5.74, 6) is 0.458. The summed E-state index contributed by atoms with van der Waals surface area (Å²) >= 11 is 3.70. The summed E-state index contributed by atoms with van der Waals surface area (Å²) < 4.78 is 3.23. The molecule has 1 aromatic heterocycles. The molecule has 1 unspecified atom stereocenters. The third kappa shape index (κ3) is 2.97. The highest BCUT2D eigenvalue weighted by Crippen LogP contribution is 2.29. The lowest BCUT2D eigenvalue weighted by atomic mass is 9.81. The summed E-state index contributed by atoms with van der Waals surface area (Å²) in [5, 5.41) is 4.64. The van der Waals surface area contributed by atoms with Gasteiger partial charge in [0.25, 0.3) is 0 Å². The van der Waals surface area contributed by atoms with Crippen LogP contribution in [0.5, 0.6) is 0 Å². The van der Waals surface area contributed by atoms with E-state index >= 15 is 0 Å². The molecule has 0 aromatic carbocycles. The van der Waals surface area contributed by atoms with E-state index in [4.69, 9.17) is 5.73 Å². The molecule has 1 aromatic rings. The molecule has 0 aliphatic heterocycles. The highest BCUT2D eigenvalue weighted by Gasteiger charge is 2.30. The molecule has 0 aliphatic rings. The summed E-state index contributed by atoms with van der Waals surface area (Å²) in [7, 11) is 0. The summed E-state index contributed by atoms with van der Waals surface area (Å²) in [6, 6.07) is 0. The lowest BCUT2D eigenvalue weighted by Crippen LogP contribution is -2.47. The molecule has 0 amide bonds. The van der Waals surface area contributed by atoms with Gasteiger partial charge in [0.2, 0.25) is 0 Å². The molecule has 18 heavy (non-hydrogen) atoms. The maximum Gasteiger partial charge on any atom is 0.0766 e. The second kappa shape index (κ2) is 6.20. The number of aryl methyl sites for hydroxylation is 2. The van der Waals surface area contributed by atoms with Gasteiger partial charge in [0.05, 0.1) is 15.9 Å². The molecule has 1 atom stereocenters. The van der Waals surface area contributed by atoms with E-state index in [-0.39, 0.29) is 5.54 Å². The Bertz CT molecular complexity index is 398. The van der Waals surface area contributed by atoms with Crippen LogP contribution in [0.15, 0.2) is 4.47 Å². The van der Waals surface area contributed by atoms with Gasteiger partial charge in [0.15, 0.2) is 0 Å². The number of hydrogen-bond acceptors (Lipinski definition) is 2. The minimum absolute atomic E-state index is 0.152. The zero-order valence-electron chi connectivity index (χ0n) is 12.3. The molecule has 104 valence electrons. The summed E-state index contributed by atoms with van der Waals surface area (Å²) in [4.78, 5) is 0. The van der Waals surface area contributed by atoms with Crippen LogP contribution in [-0.4, -0.2) is 15.3 Å². The standard InChI is InChI=1S/C14H26BrN3/c1-6-11-13(15)12(18(8-3)17-11)9-14(16,7-2)10(4)5/h10H,6-9,16H2,1-5H3. The third-order valence-corrected chi connectivity index (χ3v) is 4.91. The SMILES string of the molecule is CCc1nn(CC)c(CC(N)(CC)C(C)C)c1Br. The van der Waals surface area contributed by atoms with Crippen LogP contribution in [0.25, 0.3) is 0 Å². The van der Waals surface area contributed by atoms with Crippen molar-refractivity contribution in [1.29, 1.82) is 0 Å². The van der Waals surface area contributed by atoms with Gasteiger partial charge in [0.1, 0.15) is 0 Å². The molecular weight excluding hydrogens is 290 g/mol. The van der Waals surface area contributed by atoms with E-state index in [2.05, 4.69) is 60.3 Å². The molecule has 1 rings (SSSR count). The van der Waals surface area contributed by atoms with E-state index in [1.165, 1.54) is 5.69 Å². The van der Waals surface area contributed by atoms with Crippen molar-refractivity contribution in [2.45, 2.75) is 66.0 Å². The average molecular weight is 316 g/mol. The normalized spacial score (nSPS) is 15.1. The van der Waals surface area contributed by atoms with E-state index in [1.807, 2.05) is 0 Å². The van der Waals surface area contributed by atoms with Crippen LogP contribution in [0.2, 0.25) is 0 Å². The van der Waals surface area contributed by atoms with Crippen molar-refractivity contribution in [1.82, 2.24) is 9.78 Å². The van der Waals surface area contributed by atoms with Gasteiger partial charge in [-0.15, -0.1) is 0 Å². The summed E-state index contributed by atoms with van der Waals surface area (Å²) in [6.07, 6.45) is 2.81. The second-order valence-corrected chi connectivity index (χ2v) is 6.09. The second-order valence-electron chi connectivity index (χ2n) is 5.29. The molecule has 0 radical (unpaired) electrons. The van der Waals surface area contributed by atoms with Gasteiger partial charge in [-0.3, -0.25) is 4.68 Å². The van der Waals surface area contributed by atoms with Crippen molar-refractivity contribution in [2.75, 3.05) is 0 Å². The van der Waals surface area contributed by atoms with Gasteiger partial charge in [0, 0.05) is 18.5 Å². The van der Waals surface area contributed by atoms with Crippen molar-refractivity contribution < 1.29 is 0 Å². The molecule has 3 nitrogen and oxygen atoms in total. The van der Waals surface area contributed by atoms with Crippen LogP contribution in [0.3, 0.4) is 0 Å². The fourth-order valence-corrected chi connectivity index (χ4v) is 2.94. The third-order valence-electron chi connectivity index (χ3n) is 4.00. The molecule has 0 aliphatic carbocycles. The molecule has 0 saturated carbocycles. The topological polar surface area (TPSA) is 43.8 Å². The van der Waals surface area contributed by atoms with E-state index in [0.717, 1.165) is 36.0 Å². The lowest BCUT2D eigenvalue weighted by Gasteiger charge is -2.33. The maximum atomic E-state index is 6.55. The summed E-state index contributed by atoms with van der Waals surface area (Å²) in [5.41, 5.74) is 8.78. The Morgan fingerprint density at radius 3 is 2.33 bits per heavy atom. The van der Waals surface area contributed by atoms with Gasteiger partial charge >= 0.3 is 0 Å². The molecule has 1 heterocycles. The van der Waals surface area contributed by atoms with Crippen LogP contribution >= 0.6 is 15.9 Å². The van der Waals surface area contributed by atoms with Crippen LogP contribution in [0.4, 0.5) is 0 Å². The first-order chi connectivity index (χ1) is 8.39. The van der Waals surface area contributed by atoms with E-state index in [1.54, 1.807) is 0 Å².